The van der Waals surface area contributed by atoms with Crippen molar-refractivity contribution in [1.82, 2.24) is 5.32 Å². The number of nitrogens with zero attached hydrogens (tertiary/aromatic N) is 1. The number of anilines is 1. The predicted octanol–water partition coefficient (Wildman–Crippen LogP) is 2.97. The Hall–Kier alpha value is -0.770. The molecule has 1 aromatic rings. The van der Waals surface area contributed by atoms with E-state index in [1.807, 2.05) is 6.07 Å². The molecular weight excluding hydrogens is 260 g/mol. The van der Waals surface area contributed by atoms with Gasteiger partial charge in [-0.3, -0.25) is 0 Å². The smallest absolute Gasteiger partial charge is 0.0643 e. The van der Waals surface area contributed by atoms with E-state index in [1.165, 1.54) is 18.4 Å². The summed E-state index contributed by atoms with van der Waals surface area (Å²) in [6, 6.07) is 7.11. The lowest BCUT2D eigenvalue weighted by molar-refractivity contribution is 0.301. The van der Waals surface area contributed by atoms with Crippen LogP contribution in [-0.4, -0.2) is 30.8 Å². The standard InChI is InChI=1S/C15H23ClN2O/c1-3-17-11(2)12-4-7-15(14(16)10-12)18(8-9-19)13-5-6-13/h4,7,10-11,13,17,19H,3,5-6,8-9H2,1-2H3. The molecule has 2 rings (SSSR count). The van der Waals surface area contributed by atoms with E-state index < -0.39 is 0 Å². The van der Waals surface area contributed by atoms with Crippen LogP contribution in [0, 0.1) is 0 Å². The van der Waals surface area contributed by atoms with Crippen LogP contribution in [0.5, 0.6) is 0 Å². The molecule has 0 saturated heterocycles. The topological polar surface area (TPSA) is 35.5 Å². The highest BCUT2D eigenvalue weighted by Crippen LogP contribution is 2.36. The number of halogens is 1. The number of hydrogen-bond donors (Lipinski definition) is 2. The zero-order valence-electron chi connectivity index (χ0n) is 11.7. The maximum absolute atomic E-state index is 9.18. The molecule has 1 saturated carbocycles. The van der Waals surface area contributed by atoms with E-state index in [-0.39, 0.29) is 6.61 Å². The molecule has 19 heavy (non-hydrogen) atoms. The molecule has 0 bridgehead atoms. The van der Waals surface area contributed by atoms with E-state index in [0.717, 1.165) is 17.3 Å². The van der Waals surface area contributed by atoms with E-state index in [1.54, 1.807) is 0 Å². The van der Waals surface area contributed by atoms with Gasteiger partial charge in [0.2, 0.25) is 0 Å². The zero-order chi connectivity index (χ0) is 13.8. The average Bonchev–Trinajstić information content (AvgIpc) is 3.21. The SMILES string of the molecule is CCNC(C)c1ccc(N(CCO)C2CC2)c(Cl)c1. The lowest BCUT2D eigenvalue weighted by Gasteiger charge is -2.25. The number of hydrogen-bond acceptors (Lipinski definition) is 3. The van der Waals surface area contributed by atoms with Crippen molar-refractivity contribution in [1.29, 1.82) is 0 Å². The molecule has 2 N–H and O–H groups in total. The number of rotatable bonds is 7. The third kappa shape index (κ3) is 3.62. The van der Waals surface area contributed by atoms with Crippen LogP contribution in [-0.2, 0) is 0 Å². The van der Waals surface area contributed by atoms with Crippen molar-refractivity contribution in [2.45, 2.75) is 38.8 Å². The first-order chi connectivity index (χ1) is 9.17. The Morgan fingerprint density at radius 3 is 2.74 bits per heavy atom. The molecule has 1 aliphatic rings. The Balaban J connectivity index is 2.17. The molecule has 106 valence electrons. The van der Waals surface area contributed by atoms with Crippen LogP contribution in [0.25, 0.3) is 0 Å². The molecular formula is C15H23ClN2O. The summed E-state index contributed by atoms with van der Waals surface area (Å²) >= 11 is 6.42. The van der Waals surface area contributed by atoms with Gasteiger partial charge >= 0.3 is 0 Å². The largest absolute Gasteiger partial charge is 0.395 e. The second-order valence-corrected chi connectivity index (χ2v) is 5.55. The van der Waals surface area contributed by atoms with Gasteiger partial charge < -0.3 is 15.3 Å². The van der Waals surface area contributed by atoms with Gasteiger partial charge in [0.1, 0.15) is 0 Å². The van der Waals surface area contributed by atoms with Crippen molar-refractivity contribution in [3.05, 3.63) is 28.8 Å². The van der Waals surface area contributed by atoms with E-state index in [0.29, 0.717) is 18.6 Å². The second kappa shape index (κ2) is 6.60. The van der Waals surface area contributed by atoms with Crippen LogP contribution in [0.1, 0.15) is 38.3 Å². The Labute approximate surface area is 120 Å². The van der Waals surface area contributed by atoms with Crippen molar-refractivity contribution in [3.8, 4) is 0 Å². The highest BCUT2D eigenvalue weighted by molar-refractivity contribution is 6.33. The van der Waals surface area contributed by atoms with Gasteiger partial charge in [0.05, 0.1) is 17.3 Å². The van der Waals surface area contributed by atoms with E-state index in [9.17, 15) is 5.11 Å². The third-order valence-corrected chi connectivity index (χ3v) is 3.92. The van der Waals surface area contributed by atoms with Gasteiger partial charge in [0, 0.05) is 18.6 Å². The van der Waals surface area contributed by atoms with Gasteiger partial charge in [-0.15, -0.1) is 0 Å². The first-order valence-corrected chi connectivity index (χ1v) is 7.45. The summed E-state index contributed by atoms with van der Waals surface area (Å²) in [6.07, 6.45) is 2.40. The molecule has 1 aromatic carbocycles. The minimum absolute atomic E-state index is 0.169. The van der Waals surface area contributed by atoms with Crippen molar-refractivity contribution in [2.75, 3.05) is 24.6 Å². The van der Waals surface area contributed by atoms with E-state index in [2.05, 4.69) is 36.2 Å². The molecule has 0 radical (unpaired) electrons. The van der Waals surface area contributed by atoms with E-state index in [4.69, 9.17) is 11.6 Å². The molecule has 1 unspecified atom stereocenters. The summed E-state index contributed by atoms with van der Waals surface area (Å²) in [5, 5.41) is 13.3. The summed E-state index contributed by atoms with van der Waals surface area (Å²) in [5.74, 6) is 0. The van der Waals surface area contributed by atoms with Crippen LogP contribution in [0.15, 0.2) is 18.2 Å². The Bertz CT molecular complexity index is 421. The van der Waals surface area contributed by atoms with Crippen LogP contribution < -0.4 is 10.2 Å². The average molecular weight is 283 g/mol. The quantitative estimate of drug-likeness (QED) is 0.807. The van der Waals surface area contributed by atoms with Crippen molar-refractivity contribution < 1.29 is 5.11 Å². The molecule has 4 heteroatoms. The minimum Gasteiger partial charge on any atom is -0.395 e. The zero-order valence-corrected chi connectivity index (χ0v) is 12.5. The highest BCUT2D eigenvalue weighted by atomic mass is 35.5. The molecule has 1 fully saturated rings. The predicted molar refractivity (Wildman–Crippen MR) is 81.0 cm³/mol. The Morgan fingerprint density at radius 2 is 2.21 bits per heavy atom. The fraction of sp³-hybridized carbons (Fsp3) is 0.600. The fourth-order valence-corrected chi connectivity index (χ4v) is 2.74. The molecule has 1 aliphatic carbocycles. The normalized spacial score (nSPS) is 16.4. The summed E-state index contributed by atoms with van der Waals surface area (Å²) in [5.41, 5.74) is 2.25. The third-order valence-electron chi connectivity index (χ3n) is 3.62. The Kier molecular flexibility index (Phi) is 5.08. The number of aliphatic hydroxyl groups is 1. The molecule has 0 aromatic heterocycles. The van der Waals surface area contributed by atoms with Gasteiger partial charge in [-0.05, 0) is 44.0 Å². The van der Waals surface area contributed by atoms with Gasteiger partial charge in [0.25, 0.3) is 0 Å². The van der Waals surface area contributed by atoms with Gasteiger partial charge in [-0.1, -0.05) is 24.6 Å². The fourth-order valence-electron chi connectivity index (χ4n) is 2.44. The number of nitrogens with one attached hydrogen (secondary N) is 1. The Morgan fingerprint density at radius 1 is 1.47 bits per heavy atom. The van der Waals surface area contributed by atoms with Crippen molar-refractivity contribution >= 4 is 17.3 Å². The summed E-state index contributed by atoms with van der Waals surface area (Å²) < 4.78 is 0. The summed E-state index contributed by atoms with van der Waals surface area (Å²) in [7, 11) is 0. The van der Waals surface area contributed by atoms with E-state index >= 15 is 0 Å². The highest BCUT2D eigenvalue weighted by Gasteiger charge is 2.30. The lowest BCUT2D eigenvalue weighted by Crippen LogP contribution is -2.29. The number of aliphatic hydroxyl groups excluding tert-OH is 1. The molecule has 0 amide bonds. The van der Waals surface area contributed by atoms with Crippen LogP contribution >= 0.6 is 11.6 Å². The summed E-state index contributed by atoms with van der Waals surface area (Å²) in [4.78, 5) is 2.23. The van der Waals surface area contributed by atoms with Crippen LogP contribution in [0.2, 0.25) is 5.02 Å². The molecule has 1 atom stereocenters. The van der Waals surface area contributed by atoms with Gasteiger partial charge in [-0.2, -0.15) is 0 Å². The maximum Gasteiger partial charge on any atom is 0.0643 e. The molecule has 0 aliphatic heterocycles. The van der Waals surface area contributed by atoms with Crippen molar-refractivity contribution in [3.63, 3.8) is 0 Å². The summed E-state index contributed by atoms with van der Waals surface area (Å²) in [6.45, 7) is 6.01. The molecule has 0 heterocycles. The maximum atomic E-state index is 9.18. The lowest BCUT2D eigenvalue weighted by atomic mass is 10.1. The second-order valence-electron chi connectivity index (χ2n) is 5.14. The molecule has 0 spiro atoms. The van der Waals surface area contributed by atoms with Crippen molar-refractivity contribution in [2.24, 2.45) is 0 Å². The monoisotopic (exact) mass is 282 g/mol. The molecule has 3 nitrogen and oxygen atoms in total. The number of benzene rings is 1. The first kappa shape index (κ1) is 14.6. The van der Waals surface area contributed by atoms with Crippen LogP contribution in [0.3, 0.4) is 0 Å². The minimum atomic E-state index is 0.169. The van der Waals surface area contributed by atoms with Gasteiger partial charge in [-0.25, -0.2) is 0 Å². The van der Waals surface area contributed by atoms with Gasteiger partial charge in [0.15, 0.2) is 0 Å². The first-order valence-electron chi connectivity index (χ1n) is 7.07. The van der Waals surface area contributed by atoms with Crippen LogP contribution in [0.4, 0.5) is 5.69 Å².